The zero-order chi connectivity index (χ0) is 23.4. The minimum atomic E-state index is -1.24. The van der Waals surface area contributed by atoms with E-state index in [-0.39, 0.29) is 30.7 Å². The predicted molar refractivity (Wildman–Crippen MR) is 123 cm³/mol. The largest absolute Gasteiger partial charge is 0.550 e. The van der Waals surface area contributed by atoms with Gasteiger partial charge in [-0.2, -0.15) is 5.10 Å². The lowest BCUT2D eigenvalue weighted by molar-refractivity contribution is -0.305. The van der Waals surface area contributed by atoms with Gasteiger partial charge in [-0.05, 0) is 72.7 Å². The Morgan fingerprint density at radius 2 is 1.67 bits per heavy atom. The van der Waals surface area contributed by atoms with E-state index in [0.717, 1.165) is 53.2 Å². The van der Waals surface area contributed by atoms with E-state index >= 15 is 0 Å². The first-order chi connectivity index (χ1) is 16.0. The molecule has 0 saturated heterocycles. The summed E-state index contributed by atoms with van der Waals surface area (Å²) in [5, 5.41) is 17.2. The van der Waals surface area contributed by atoms with Crippen LogP contribution in [0.5, 0.6) is 11.5 Å². The number of allylic oxidation sites excluding steroid dienone is 1. The van der Waals surface area contributed by atoms with Crippen molar-refractivity contribution in [2.45, 2.75) is 38.1 Å². The van der Waals surface area contributed by atoms with Crippen molar-refractivity contribution in [3.63, 3.8) is 0 Å². The molecule has 1 aliphatic carbocycles. The molecule has 0 radical (unpaired) electrons. The summed E-state index contributed by atoms with van der Waals surface area (Å²) in [5.74, 6) is 0.0144. The number of carboxylic acid groups (broad SMARTS) is 1. The lowest BCUT2D eigenvalue weighted by Crippen LogP contribution is -2.33. The molecule has 4 rings (SSSR count). The molecule has 2 aromatic carbocycles. The summed E-state index contributed by atoms with van der Waals surface area (Å²) in [6.07, 6.45) is 4.41. The van der Waals surface area contributed by atoms with Crippen molar-refractivity contribution in [3.8, 4) is 11.5 Å². The minimum Gasteiger partial charge on any atom is -0.550 e. The molecule has 0 aromatic heterocycles. The molecule has 0 unspecified atom stereocenters. The van der Waals surface area contributed by atoms with Crippen LogP contribution < -0.4 is 14.6 Å². The van der Waals surface area contributed by atoms with E-state index in [2.05, 4.69) is 6.08 Å². The summed E-state index contributed by atoms with van der Waals surface area (Å²) < 4.78 is 10.5. The summed E-state index contributed by atoms with van der Waals surface area (Å²) >= 11 is 0. The van der Waals surface area contributed by atoms with Gasteiger partial charge < -0.3 is 19.4 Å². The van der Waals surface area contributed by atoms with Gasteiger partial charge in [-0.15, -0.1) is 0 Å². The highest BCUT2D eigenvalue weighted by Gasteiger charge is 2.43. The highest BCUT2D eigenvalue weighted by Crippen LogP contribution is 2.45. The molecule has 33 heavy (non-hydrogen) atoms. The first-order valence-corrected chi connectivity index (χ1v) is 11.1. The van der Waals surface area contributed by atoms with Crippen LogP contribution in [0.1, 0.15) is 49.3 Å². The number of rotatable bonds is 7. The molecule has 2 atom stereocenters. The van der Waals surface area contributed by atoms with Gasteiger partial charge in [0.25, 0.3) is 0 Å². The van der Waals surface area contributed by atoms with Crippen LogP contribution in [0.4, 0.5) is 0 Å². The Labute approximate surface area is 193 Å². The normalized spacial score (nSPS) is 20.8. The van der Waals surface area contributed by atoms with Crippen molar-refractivity contribution in [2.75, 3.05) is 14.2 Å². The van der Waals surface area contributed by atoms with Crippen molar-refractivity contribution in [1.82, 2.24) is 5.01 Å². The zero-order valence-electron chi connectivity index (χ0n) is 18.8. The monoisotopic (exact) mass is 447 g/mol. The number of hydrazone groups is 1. The molecule has 7 heteroatoms. The second-order valence-corrected chi connectivity index (χ2v) is 8.26. The van der Waals surface area contributed by atoms with Gasteiger partial charge in [-0.25, -0.2) is 5.01 Å². The fourth-order valence-corrected chi connectivity index (χ4v) is 4.57. The number of nitrogens with zero attached hydrogens (tertiary/aromatic N) is 2. The molecule has 1 fully saturated rings. The molecule has 1 amide bonds. The van der Waals surface area contributed by atoms with Crippen LogP contribution in [0.25, 0.3) is 6.08 Å². The summed E-state index contributed by atoms with van der Waals surface area (Å²) in [6, 6.07) is 15.2. The number of ether oxygens (including phenoxy) is 2. The maximum Gasteiger partial charge on any atom is 0.243 e. The quantitative estimate of drug-likeness (QED) is 0.649. The topological polar surface area (TPSA) is 91.3 Å². The van der Waals surface area contributed by atoms with Gasteiger partial charge in [-0.1, -0.05) is 24.3 Å². The van der Waals surface area contributed by atoms with E-state index in [1.165, 1.54) is 5.01 Å². The molecule has 2 aliphatic rings. The third kappa shape index (κ3) is 4.92. The average molecular weight is 448 g/mol. The van der Waals surface area contributed by atoms with Crippen molar-refractivity contribution in [1.29, 1.82) is 0 Å². The number of fused-ring (bicyclic) bond motifs is 1. The highest BCUT2D eigenvalue weighted by atomic mass is 16.5. The van der Waals surface area contributed by atoms with E-state index in [4.69, 9.17) is 14.6 Å². The first kappa shape index (κ1) is 22.6. The maximum absolute atomic E-state index is 13.0. The van der Waals surface area contributed by atoms with E-state index in [9.17, 15) is 14.7 Å². The predicted octanol–water partition coefficient (Wildman–Crippen LogP) is 3.36. The Kier molecular flexibility index (Phi) is 6.77. The summed E-state index contributed by atoms with van der Waals surface area (Å²) in [7, 11) is 3.25. The lowest BCUT2D eigenvalue weighted by Gasteiger charge is -2.29. The van der Waals surface area contributed by atoms with Crippen LogP contribution in [-0.2, 0) is 9.59 Å². The Morgan fingerprint density at radius 3 is 2.27 bits per heavy atom. The standard InChI is InChI=1S/C26H28N2O5/c1-32-20-10-6-17(7-11-20)16-19-4-3-5-22-25(19)27-28(23(29)14-15-24(30)31)26(22)18-8-12-21(33-2)13-9-18/h6-13,16,22,26H,3-5,14-15H2,1-2H3,(H,30,31)/p-1/b19-16+/t22-,26+/m0/s1. The van der Waals surface area contributed by atoms with Crippen LogP contribution >= 0.6 is 0 Å². The smallest absolute Gasteiger partial charge is 0.243 e. The maximum atomic E-state index is 13.0. The number of methoxy groups -OCH3 is 2. The average Bonchev–Trinajstić information content (AvgIpc) is 3.24. The fraction of sp³-hybridized carbons (Fsp3) is 0.346. The fourth-order valence-electron chi connectivity index (χ4n) is 4.57. The number of hydrogen-bond donors (Lipinski definition) is 0. The number of carbonyl (C=O) groups is 2. The number of carboxylic acids is 1. The zero-order valence-corrected chi connectivity index (χ0v) is 18.8. The Morgan fingerprint density at radius 1 is 1.03 bits per heavy atom. The van der Waals surface area contributed by atoms with Crippen LogP contribution in [0.15, 0.2) is 59.2 Å². The summed E-state index contributed by atoms with van der Waals surface area (Å²) in [4.78, 5) is 23.9. The first-order valence-electron chi connectivity index (χ1n) is 11.1. The number of aliphatic carboxylic acids is 1. The number of carbonyl (C=O) groups excluding carboxylic acids is 2. The van der Waals surface area contributed by atoms with Gasteiger partial charge in [-0.3, -0.25) is 4.79 Å². The van der Waals surface area contributed by atoms with Gasteiger partial charge >= 0.3 is 0 Å². The third-order valence-electron chi connectivity index (χ3n) is 6.21. The van der Waals surface area contributed by atoms with Crippen LogP contribution in [-0.4, -0.2) is 36.8 Å². The molecule has 7 nitrogen and oxygen atoms in total. The van der Waals surface area contributed by atoms with Gasteiger partial charge in [0.2, 0.25) is 5.91 Å². The molecule has 1 saturated carbocycles. The van der Waals surface area contributed by atoms with Crippen LogP contribution in [0, 0.1) is 5.92 Å². The van der Waals surface area contributed by atoms with E-state index in [1.54, 1.807) is 14.2 Å². The number of benzene rings is 2. The third-order valence-corrected chi connectivity index (χ3v) is 6.21. The molecule has 1 heterocycles. The SMILES string of the molecule is COc1ccc(/C=C2\CCC[C@H]3C2=NN(C(=O)CCC(=O)[O-])[C@@H]3c2ccc(OC)cc2)cc1. The molecule has 1 aliphatic heterocycles. The highest BCUT2D eigenvalue weighted by molar-refractivity contribution is 6.08. The Balaban J connectivity index is 1.69. The van der Waals surface area contributed by atoms with Crippen molar-refractivity contribution in [3.05, 3.63) is 65.2 Å². The van der Waals surface area contributed by atoms with Gasteiger partial charge in [0, 0.05) is 18.3 Å². The van der Waals surface area contributed by atoms with E-state index in [0.29, 0.717) is 0 Å². The minimum absolute atomic E-state index is 0.0450. The molecule has 0 bridgehead atoms. The van der Waals surface area contributed by atoms with Crippen molar-refractivity contribution >= 4 is 23.7 Å². The van der Waals surface area contributed by atoms with Crippen molar-refractivity contribution < 1.29 is 24.2 Å². The van der Waals surface area contributed by atoms with Crippen LogP contribution in [0.3, 0.4) is 0 Å². The van der Waals surface area contributed by atoms with E-state index < -0.39 is 5.97 Å². The second kappa shape index (κ2) is 9.90. The van der Waals surface area contributed by atoms with Gasteiger partial charge in [0.15, 0.2) is 0 Å². The molecule has 172 valence electrons. The number of hydrogen-bond acceptors (Lipinski definition) is 6. The van der Waals surface area contributed by atoms with Crippen molar-refractivity contribution in [2.24, 2.45) is 11.0 Å². The van der Waals surface area contributed by atoms with Crippen LogP contribution in [0.2, 0.25) is 0 Å². The molecule has 0 spiro atoms. The number of amides is 1. The summed E-state index contributed by atoms with van der Waals surface area (Å²) in [5.41, 5.74) is 3.99. The summed E-state index contributed by atoms with van der Waals surface area (Å²) in [6.45, 7) is 0. The van der Waals surface area contributed by atoms with Gasteiger partial charge in [0.05, 0.1) is 26.0 Å². The van der Waals surface area contributed by atoms with E-state index in [1.807, 2.05) is 48.5 Å². The molecule has 0 N–H and O–H groups in total. The Hall–Kier alpha value is -3.61. The molecular weight excluding hydrogens is 420 g/mol. The lowest BCUT2D eigenvalue weighted by atomic mass is 9.77. The molecular formula is C26H27N2O5-. The molecule has 2 aromatic rings. The second-order valence-electron chi connectivity index (χ2n) is 8.26. The Bertz CT molecular complexity index is 1070. The van der Waals surface area contributed by atoms with Gasteiger partial charge in [0.1, 0.15) is 11.5 Å².